The second-order valence-electron chi connectivity index (χ2n) is 4.38. The van der Waals surface area contributed by atoms with Gasteiger partial charge in [0.05, 0.1) is 12.7 Å². The SMILES string of the molecule is COc1ccc2ccccc2c1C(=O)C(C)C. The maximum Gasteiger partial charge on any atom is 0.169 e. The second kappa shape index (κ2) is 4.58. The van der Waals surface area contributed by atoms with Gasteiger partial charge in [-0.05, 0) is 16.8 Å². The molecule has 2 nitrogen and oxygen atoms in total. The van der Waals surface area contributed by atoms with Crippen molar-refractivity contribution in [3.8, 4) is 5.75 Å². The molecule has 0 aliphatic rings. The summed E-state index contributed by atoms with van der Waals surface area (Å²) >= 11 is 0. The zero-order valence-electron chi connectivity index (χ0n) is 10.4. The normalized spacial score (nSPS) is 10.8. The van der Waals surface area contributed by atoms with Crippen LogP contribution in [0.15, 0.2) is 36.4 Å². The maximum absolute atomic E-state index is 12.3. The van der Waals surface area contributed by atoms with Crippen LogP contribution in [0.3, 0.4) is 0 Å². The molecule has 0 saturated carbocycles. The third-order valence-corrected chi connectivity index (χ3v) is 2.88. The Labute approximate surface area is 101 Å². The van der Waals surface area contributed by atoms with Crippen LogP contribution in [0, 0.1) is 5.92 Å². The van der Waals surface area contributed by atoms with E-state index in [1.807, 2.05) is 50.2 Å². The smallest absolute Gasteiger partial charge is 0.169 e. The van der Waals surface area contributed by atoms with Crippen molar-refractivity contribution in [2.24, 2.45) is 5.92 Å². The average molecular weight is 228 g/mol. The minimum absolute atomic E-state index is 0.0327. The van der Waals surface area contributed by atoms with E-state index >= 15 is 0 Å². The van der Waals surface area contributed by atoms with E-state index in [9.17, 15) is 4.79 Å². The Hall–Kier alpha value is -1.83. The molecule has 2 aromatic rings. The highest BCUT2D eigenvalue weighted by Crippen LogP contribution is 2.29. The van der Waals surface area contributed by atoms with Gasteiger partial charge in [-0.1, -0.05) is 44.2 Å². The van der Waals surface area contributed by atoms with E-state index in [2.05, 4.69) is 0 Å². The van der Waals surface area contributed by atoms with Gasteiger partial charge in [0, 0.05) is 5.92 Å². The number of hydrogen-bond donors (Lipinski definition) is 0. The highest BCUT2D eigenvalue weighted by Gasteiger charge is 2.18. The number of carbonyl (C=O) groups excluding carboxylic acids is 1. The fourth-order valence-electron chi connectivity index (χ4n) is 1.96. The van der Waals surface area contributed by atoms with Crippen LogP contribution >= 0.6 is 0 Å². The number of methoxy groups -OCH3 is 1. The van der Waals surface area contributed by atoms with E-state index in [-0.39, 0.29) is 11.7 Å². The van der Waals surface area contributed by atoms with Crippen LogP contribution in [0.4, 0.5) is 0 Å². The number of carbonyl (C=O) groups is 1. The van der Waals surface area contributed by atoms with Crippen molar-refractivity contribution in [2.75, 3.05) is 7.11 Å². The molecule has 0 spiro atoms. The highest BCUT2D eigenvalue weighted by atomic mass is 16.5. The lowest BCUT2D eigenvalue weighted by Gasteiger charge is -2.12. The Balaban J connectivity index is 2.76. The Morgan fingerprint density at radius 2 is 1.82 bits per heavy atom. The molecule has 0 aliphatic carbocycles. The Morgan fingerprint density at radius 3 is 2.47 bits per heavy atom. The van der Waals surface area contributed by atoms with Gasteiger partial charge in [0.15, 0.2) is 5.78 Å². The van der Waals surface area contributed by atoms with Gasteiger partial charge < -0.3 is 4.74 Å². The zero-order chi connectivity index (χ0) is 12.4. The van der Waals surface area contributed by atoms with Gasteiger partial charge in [-0.3, -0.25) is 4.79 Å². The number of rotatable bonds is 3. The summed E-state index contributed by atoms with van der Waals surface area (Å²) in [7, 11) is 1.60. The summed E-state index contributed by atoms with van der Waals surface area (Å²) < 4.78 is 5.30. The Morgan fingerprint density at radius 1 is 1.12 bits per heavy atom. The van der Waals surface area contributed by atoms with Crippen molar-refractivity contribution in [2.45, 2.75) is 13.8 Å². The largest absolute Gasteiger partial charge is 0.496 e. The van der Waals surface area contributed by atoms with E-state index in [1.165, 1.54) is 0 Å². The number of ether oxygens (including phenoxy) is 1. The molecule has 17 heavy (non-hydrogen) atoms. The van der Waals surface area contributed by atoms with Gasteiger partial charge in [-0.2, -0.15) is 0 Å². The molecule has 2 aromatic carbocycles. The molecule has 0 saturated heterocycles. The molecule has 0 amide bonds. The molecule has 0 heterocycles. The van der Waals surface area contributed by atoms with Gasteiger partial charge in [0.1, 0.15) is 5.75 Å². The molecule has 2 rings (SSSR count). The predicted molar refractivity (Wildman–Crippen MR) is 69.7 cm³/mol. The van der Waals surface area contributed by atoms with Gasteiger partial charge >= 0.3 is 0 Å². The van der Waals surface area contributed by atoms with Crippen LogP contribution < -0.4 is 4.74 Å². The molecule has 88 valence electrons. The van der Waals surface area contributed by atoms with Crippen LogP contribution in [0.2, 0.25) is 0 Å². The van der Waals surface area contributed by atoms with Crippen molar-refractivity contribution < 1.29 is 9.53 Å². The predicted octanol–water partition coefficient (Wildman–Crippen LogP) is 3.69. The topological polar surface area (TPSA) is 26.3 Å². The number of hydrogen-bond acceptors (Lipinski definition) is 2. The fraction of sp³-hybridized carbons (Fsp3) is 0.267. The summed E-state index contributed by atoms with van der Waals surface area (Å²) in [6, 6.07) is 11.7. The molecule has 2 heteroatoms. The number of Topliss-reactive ketones (excluding diaryl/α,β-unsaturated/α-hetero) is 1. The van der Waals surface area contributed by atoms with Crippen LogP contribution in [0.1, 0.15) is 24.2 Å². The zero-order valence-corrected chi connectivity index (χ0v) is 10.4. The van der Waals surface area contributed by atoms with E-state index in [0.717, 1.165) is 10.8 Å². The van der Waals surface area contributed by atoms with Gasteiger partial charge in [-0.15, -0.1) is 0 Å². The quantitative estimate of drug-likeness (QED) is 0.749. The van der Waals surface area contributed by atoms with Crippen LogP contribution in [-0.2, 0) is 0 Å². The summed E-state index contributed by atoms with van der Waals surface area (Å²) in [5.41, 5.74) is 0.695. The first-order valence-corrected chi connectivity index (χ1v) is 5.75. The monoisotopic (exact) mass is 228 g/mol. The van der Waals surface area contributed by atoms with Crippen molar-refractivity contribution in [3.05, 3.63) is 42.0 Å². The summed E-state index contributed by atoms with van der Waals surface area (Å²) in [6.45, 7) is 3.81. The first kappa shape index (κ1) is 11.6. The summed E-state index contributed by atoms with van der Waals surface area (Å²) in [6.07, 6.45) is 0. The summed E-state index contributed by atoms with van der Waals surface area (Å²) in [5, 5.41) is 2.03. The first-order chi connectivity index (χ1) is 8.15. The molecule has 0 N–H and O–H groups in total. The molecular weight excluding hydrogens is 212 g/mol. The lowest BCUT2D eigenvalue weighted by molar-refractivity contribution is 0.0938. The third kappa shape index (κ3) is 2.03. The van der Waals surface area contributed by atoms with E-state index in [4.69, 9.17) is 4.74 Å². The molecule has 0 unspecified atom stereocenters. The molecule has 0 bridgehead atoms. The number of fused-ring (bicyclic) bond motifs is 1. The van der Waals surface area contributed by atoms with Crippen LogP contribution in [0.5, 0.6) is 5.75 Å². The van der Waals surface area contributed by atoms with Crippen molar-refractivity contribution in [1.29, 1.82) is 0 Å². The van der Waals surface area contributed by atoms with Crippen LogP contribution in [0.25, 0.3) is 10.8 Å². The minimum atomic E-state index is -0.0327. The van der Waals surface area contributed by atoms with Gasteiger partial charge in [-0.25, -0.2) is 0 Å². The van der Waals surface area contributed by atoms with Crippen molar-refractivity contribution in [3.63, 3.8) is 0 Å². The van der Waals surface area contributed by atoms with Gasteiger partial charge in [0.2, 0.25) is 0 Å². The fourth-order valence-corrected chi connectivity index (χ4v) is 1.96. The lowest BCUT2D eigenvalue weighted by Crippen LogP contribution is -2.09. The maximum atomic E-state index is 12.3. The molecule has 0 radical (unpaired) electrons. The van der Waals surface area contributed by atoms with Crippen molar-refractivity contribution >= 4 is 16.6 Å². The number of ketones is 1. The molecule has 0 aromatic heterocycles. The van der Waals surface area contributed by atoms with Crippen molar-refractivity contribution in [1.82, 2.24) is 0 Å². The molecule has 0 aliphatic heterocycles. The lowest BCUT2D eigenvalue weighted by atomic mass is 9.94. The van der Waals surface area contributed by atoms with E-state index < -0.39 is 0 Å². The highest BCUT2D eigenvalue weighted by molar-refractivity contribution is 6.11. The standard InChI is InChI=1S/C15H16O2/c1-10(2)15(16)14-12-7-5-4-6-11(12)8-9-13(14)17-3/h4-10H,1-3H3. The third-order valence-electron chi connectivity index (χ3n) is 2.88. The minimum Gasteiger partial charge on any atom is -0.496 e. The average Bonchev–Trinajstić information content (AvgIpc) is 2.36. The molecular formula is C15H16O2. The Kier molecular flexibility index (Phi) is 3.14. The summed E-state index contributed by atoms with van der Waals surface area (Å²) in [4.78, 5) is 12.3. The Bertz CT molecular complexity index is 556. The van der Waals surface area contributed by atoms with E-state index in [1.54, 1.807) is 7.11 Å². The summed E-state index contributed by atoms with van der Waals surface area (Å²) in [5.74, 6) is 0.746. The first-order valence-electron chi connectivity index (χ1n) is 5.75. The second-order valence-corrected chi connectivity index (χ2v) is 4.38. The van der Waals surface area contributed by atoms with Crippen LogP contribution in [-0.4, -0.2) is 12.9 Å². The van der Waals surface area contributed by atoms with Gasteiger partial charge in [0.25, 0.3) is 0 Å². The van der Waals surface area contributed by atoms with E-state index in [0.29, 0.717) is 11.3 Å². The molecule has 0 atom stereocenters. The number of benzene rings is 2. The molecule has 0 fully saturated rings.